The number of amides is 1. The lowest BCUT2D eigenvalue weighted by molar-refractivity contribution is -0.118. The third kappa shape index (κ3) is 5.23. The van der Waals surface area contributed by atoms with E-state index in [-0.39, 0.29) is 18.6 Å². The van der Waals surface area contributed by atoms with E-state index in [0.717, 1.165) is 57.0 Å². The quantitative estimate of drug-likeness (QED) is 0.273. The molecule has 2 aliphatic rings. The summed E-state index contributed by atoms with van der Waals surface area (Å²) >= 11 is 0. The highest BCUT2D eigenvalue weighted by atomic mass is 16.5. The molecule has 41 heavy (non-hydrogen) atoms. The van der Waals surface area contributed by atoms with Gasteiger partial charge >= 0.3 is 0 Å². The highest BCUT2D eigenvalue weighted by Gasteiger charge is 2.41. The Kier molecular flexibility index (Phi) is 7.10. The minimum absolute atomic E-state index is 0.0551. The Morgan fingerprint density at radius 3 is 2.44 bits per heavy atom. The standard InChI is InChI=1S/C34H33N3O4/c1-21-16-22(2)33(23(3)17-21)35-32(38)20-40-30-15-14-25(18-31(30)39-4)34-37-28(26-12-8-9-13-29(26)41-34)19-27(36-37)24-10-6-5-7-11-24/h5-18,28,34H,19-20H2,1-4H3,(H,35,38)/t28-,34+/m1/s1. The van der Waals surface area contributed by atoms with Crippen molar-refractivity contribution in [3.63, 3.8) is 0 Å². The van der Waals surface area contributed by atoms with Crippen molar-refractivity contribution in [1.82, 2.24) is 5.01 Å². The van der Waals surface area contributed by atoms with Crippen molar-refractivity contribution in [2.75, 3.05) is 19.0 Å². The molecule has 0 unspecified atom stereocenters. The Bertz CT molecular complexity index is 1610. The lowest BCUT2D eigenvalue weighted by atomic mass is 9.96. The molecule has 1 N–H and O–H groups in total. The number of ether oxygens (including phenoxy) is 3. The van der Waals surface area contributed by atoms with Gasteiger partial charge in [-0.05, 0) is 61.7 Å². The molecular formula is C34H33N3O4. The van der Waals surface area contributed by atoms with E-state index in [4.69, 9.17) is 19.3 Å². The average molecular weight is 548 g/mol. The number of para-hydroxylation sites is 1. The highest BCUT2D eigenvalue weighted by Crippen LogP contribution is 2.48. The molecule has 7 heteroatoms. The van der Waals surface area contributed by atoms with Crippen LogP contribution in [0.4, 0.5) is 5.69 Å². The summed E-state index contributed by atoms with van der Waals surface area (Å²) in [5.74, 6) is 1.61. The molecule has 4 aromatic rings. The Morgan fingerprint density at radius 1 is 0.951 bits per heavy atom. The third-order valence-electron chi connectivity index (χ3n) is 7.58. The van der Waals surface area contributed by atoms with Gasteiger partial charge in [0.1, 0.15) is 5.75 Å². The molecule has 0 aliphatic carbocycles. The van der Waals surface area contributed by atoms with Crippen LogP contribution in [0.2, 0.25) is 0 Å². The van der Waals surface area contributed by atoms with Gasteiger partial charge in [0.2, 0.25) is 6.23 Å². The molecule has 2 heterocycles. The van der Waals surface area contributed by atoms with Crippen molar-refractivity contribution in [2.24, 2.45) is 5.10 Å². The van der Waals surface area contributed by atoms with Gasteiger partial charge in [-0.3, -0.25) is 4.79 Å². The number of nitrogens with one attached hydrogen (secondary N) is 1. The van der Waals surface area contributed by atoms with Gasteiger partial charge in [-0.2, -0.15) is 5.10 Å². The summed E-state index contributed by atoms with van der Waals surface area (Å²) in [6.07, 6.45) is 0.337. The van der Waals surface area contributed by atoms with Crippen molar-refractivity contribution in [3.05, 3.63) is 118 Å². The summed E-state index contributed by atoms with van der Waals surface area (Å²) in [5.41, 5.74) is 8.14. The molecule has 7 nitrogen and oxygen atoms in total. The minimum atomic E-state index is -0.449. The SMILES string of the molecule is COc1cc([C@@H]2Oc3ccccc3[C@H]3CC(c4ccccc4)=NN32)ccc1OCC(=O)Nc1c(C)cc(C)cc1C. The largest absolute Gasteiger partial charge is 0.493 e. The fourth-order valence-electron chi connectivity index (χ4n) is 5.71. The number of aryl methyl sites for hydroxylation is 3. The van der Waals surface area contributed by atoms with E-state index in [0.29, 0.717) is 11.5 Å². The van der Waals surface area contributed by atoms with Crippen LogP contribution in [0.1, 0.15) is 52.1 Å². The van der Waals surface area contributed by atoms with Crippen LogP contribution in [0.15, 0.2) is 90.0 Å². The van der Waals surface area contributed by atoms with E-state index in [1.165, 1.54) is 0 Å². The second kappa shape index (κ2) is 11.0. The number of nitrogens with zero attached hydrogens (tertiary/aromatic N) is 2. The Hall–Kier alpha value is -4.78. The number of hydrogen-bond donors (Lipinski definition) is 1. The van der Waals surface area contributed by atoms with Crippen molar-refractivity contribution in [1.29, 1.82) is 0 Å². The van der Waals surface area contributed by atoms with E-state index in [1.807, 2.05) is 80.4 Å². The molecule has 0 spiro atoms. The van der Waals surface area contributed by atoms with Gasteiger partial charge in [0.25, 0.3) is 5.91 Å². The maximum Gasteiger partial charge on any atom is 0.262 e. The molecule has 208 valence electrons. The van der Waals surface area contributed by atoms with Crippen LogP contribution < -0.4 is 19.5 Å². The van der Waals surface area contributed by atoms with Crippen molar-refractivity contribution in [2.45, 2.75) is 39.5 Å². The summed E-state index contributed by atoms with van der Waals surface area (Å²) in [7, 11) is 1.59. The van der Waals surface area contributed by atoms with Crippen LogP contribution in [-0.4, -0.2) is 30.3 Å². The van der Waals surface area contributed by atoms with Gasteiger partial charge in [-0.15, -0.1) is 0 Å². The molecule has 0 bridgehead atoms. The van der Waals surface area contributed by atoms with Gasteiger partial charge in [0, 0.05) is 23.2 Å². The van der Waals surface area contributed by atoms with Gasteiger partial charge in [-0.25, -0.2) is 5.01 Å². The van der Waals surface area contributed by atoms with Crippen molar-refractivity contribution in [3.8, 4) is 17.2 Å². The number of carbonyl (C=O) groups is 1. The zero-order valence-corrected chi connectivity index (χ0v) is 23.7. The van der Waals surface area contributed by atoms with E-state index in [2.05, 4.69) is 35.6 Å². The van der Waals surface area contributed by atoms with Crippen molar-refractivity contribution < 1.29 is 19.0 Å². The first-order chi connectivity index (χ1) is 19.9. The van der Waals surface area contributed by atoms with Crippen LogP contribution in [0, 0.1) is 20.8 Å². The fraction of sp³-hybridized carbons (Fsp3) is 0.235. The Balaban J connectivity index is 1.23. The number of rotatable bonds is 7. The second-order valence-electron chi connectivity index (χ2n) is 10.5. The van der Waals surface area contributed by atoms with E-state index < -0.39 is 6.23 Å². The van der Waals surface area contributed by atoms with Crippen LogP contribution in [-0.2, 0) is 4.79 Å². The smallest absolute Gasteiger partial charge is 0.262 e. The zero-order chi connectivity index (χ0) is 28.5. The maximum atomic E-state index is 12.8. The van der Waals surface area contributed by atoms with Crippen LogP contribution >= 0.6 is 0 Å². The summed E-state index contributed by atoms with van der Waals surface area (Å²) in [4.78, 5) is 12.8. The number of hydrazone groups is 1. The molecule has 0 saturated carbocycles. The highest BCUT2D eigenvalue weighted by molar-refractivity contribution is 6.02. The van der Waals surface area contributed by atoms with Crippen LogP contribution in [0.5, 0.6) is 17.2 Å². The molecular weight excluding hydrogens is 514 g/mol. The van der Waals surface area contributed by atoms with Gasteiger partial charge < -0.3 is 19.5 Å². The summed E-state index contributed by atoms with van der Waals surface area (Å²) in [6, 6.07) is 28.2. The predicted molar refractivity (Wildman–Crippen MR) is 160 cm³/mol. The molecule has 1 amide bonds. The molecule has 0 aromatic heterocycles. The molecule has 0 radical (unpaired) electrons. The van der Waals surface area contributed by atoms with E-state index in [9.17, 15) is 4.79 Å². The topological polar surface area (TPSA) is 72.4 Å². The molecule has 6 rings (SSSR count). The number of hydrogen-bond acceptors (Lipinski definition) is 6. The normalized spacial score (nSPS) is 17.2. The first-order valence-electron chi connectivity index (χ1n) is 13.8. The molecule has 0 saturated heterocycles. The molecule has 4 aromatic carbocycles. The van der Waals surface area contributed by atoms with Crippen molar-refractivity contribution >= 4 is 17.3 Å². The lowest BCUT2D eigenvalue weighted by Crippen LogP contribution is -2.33. The average Bonchev–Trinajstić information content (AvgIpc) is 3.44. The van der Waals surface area contributed by atoms with Gasteiger partial charge in [0.15, 0.2) is 18.1 Å². The Labute approximate surface area is 240 Å². The predicted octanol–water partition coefficient (Wildman–Crippen LogP) is 6.88. The number of benzene rings is 4. The maximum absolute atomic E-state index is 12.8. The van der Waals surface area contributed by atoms with E-state index >= 15 is 0 Å². The monoisotopic (exact) mass is 547 g/mol. The molecule has 0 fully saturated rings. The first-order valence-corrected chi connectivity index (χ1v) is 13.8. The summed E-state index contributed by atoms with van der Waals surface area (Å²) in [5, 5.41) is 10.1. The second-order valence-corrected chi connectivity index (χ2v) is 10.5. The number of carbonyl (C=O) groups excluding carboxylic acids is 1. The Morgan fingerprint density at radius 2 is 1.68 bits per heavy atom. The summed E-state index contributed by atoms with van der Waals surface area (Å²) < 4.78 is 18.1. The fourth-order valence-corrected chi connectivity index (χ4v) is 5.71. The third-order valence-corrected chi connectivity index (χ3v) is 7.58. The van der Waals surface area contributed by atoms with Crippen LogP contribution in [0.3, 0.4) is 0 Å². The number of fused-ring (bicyclic) bond motifs is 3. The van der Waals surface area contributed by atoms with Gasteiger partial charge in [0.05, 0.1) is 18.9 Å². The first kappa shape index (κ1) is 26.4. The van der Waals surface area contributed by atoms with E-state index in [1.54, 1.807) is 7.11 Å². The molecule has 2 atom stereocenters. The van der Waals surface area contributed by atoms with Gasteiger partial charge in [-0.1, -0.05) is 66.2 Å². The number of anilines is 1. The number of methoxy groups -OCH3 is 1. The minimum Gasteiger partial charge on any atom is -0.493 e. The van der Waals surface area contributed by atoms with Crippen LogP contribution in [0.25, 0.3) is 0 Å². The molecule has 2 aliphatic heterocycles. The zero-order valence-electron chi connectivity index (χ0n) is 23.7. The summed E-state index contributed by atoms with van der Waals surface area (Å²) in [6.45, 7) is 5.87. The lowest BCUT2D eigenvalue weighted by Gasteiger charge is -2.38.